The van der Waals surface area contributed by atoms with Gasteiger partial charge in [-0.25, -0.2) is 4.79 Å². The summed E-state index contributed by atoms with van der Waals surface area (Å²) in [6.45, 7) is 4.12. The smallest absolute Gasteiger partial charge is 0.319 e. The Morgan fingerprint density at radius 3 is 2.92 bits per heavy atom. The summed E-state index contributed by atoms with van der Waals surface area (Å²) in [5, 5.41) is 9.91. The van der Waals surface area contributed by atoms with Crippen molar-refractivity contribution in [1.29, 1.82) is 0 Å². The molecular weight excluding hydrogens is 318 g/mol. The van der Waals surface area contributed by atoms with Gasteiger partial charge in [0, 0.05) is 30.2 Å². The molecule has 2 aromatic rings. The topological polar surface area (TPSA) is 71.4 Å². The molecule has 2 amide bonds. The van der Waals surface area contributed by atoms with Gasteiger partial charge in [-0.05, 0) is 52.2 Å². The highest BCUT2D eigenvalue weighted by Crippen LogP contribution is 2.17. The molecule has 25 heavy (non-hydrogen) atoms. The van der Waals surface area contributed by atoms with Crippen molar-refractivity contribution in [1.82, 2.24) is 20.0 Å². The van der Waals surface area contributed by atoms with Crippen LogP contribution in [-0.4, -0.2) is 54.0 Å². The fraction of sp³-hybridized carbons (Fsp3) is 0.444. The second-order valence-corrected chi connectivity index (χ2v) is 6.24. The highest BCUT2D eigenvalue weighted by Gasteiger charge is 2.08. The molecule has 0 aliphatic rings. The Morgan fingerprint density at radius 2 is 2.20 bits per heavy atom. The lowest BCUT2D eigenvalue weighted by Crippen LogP contribution is -2.37. The van der Waals surface area contributed by atoms with Crippen LogP contribution in [0.15, 0.2) is 42.7 Å². The van der Waals surface area contributed by atoms with Crippen molar-refractivity contribution in [2.75, 3.05) is 32.6 Å². The average molecular weight is 345 g/mol. The fourth-order valence-corrected chi connectivity index (χ4v) is 2.27. The van der Waals surface area contributed by atoms with Gasteiger partial charge in [0.1, 0.15) is 12.4 Å². The normalized spacial score (nSPS) is 12.0. The second kappa shape index (κ2) is 9.68. The van der Waals surface area contributed by atoms with Gasteiger partial charge in [0.05, 0.1) is 6.54 Å². The monoisotopic (exact) mass is 345 g/mol. The van der Waals surface area contributed by atoms with Crippen molar-refractivity contribution < 1.29 is 9.53 Å². The third-order valence-electron chi connectivity index (χ3n) is 3.63. The van der Waals surface area contributed by atoms with E-state index in [9.17, 15) is 4.79 Å². The number of benzene rings is 1. The van der Waals surface area contributed by atoms with Crippen LogP contribution < -0.4 is 15.4 Å². The van der Waals surface area contributed by atoms with Gasteiger partial charge in [-0.1, -0.05) is 6.07 Å². The van der Waals surface area contributed by atoms with E-state index in [2.05, 4.69) is 20.6 Å². The van der Waals surface area contributed by atoms with Crippen LogP contribution in [0.3, 0.4) is 0 Å². The molecule has 2 N–H and O–H groups in total. The minimum atomic E-state index is -0.208. The molecule has 7 heteroatoms. The van der Waals surface area contributed by atoms with E-state index in [0.29, 0.717) is 24.6 Å². The molecule has 136 valence electrons. The van der Waals surface area contributed by atoms with Crippen molar-refractivity contribution in [2.24, 2.45) is 0 Å². The molecule has 1 aromatic heterocycles. The van der Waals surface area contributed by atoms with Crippen LogP contribution >= 0.6 is 0 Å². The van der Waals surface area contributed by atoms with Crippen LogP contribution in [-0.2, 0) is 6.54 Å². The van der Waals surface area contributed by atoms with E-state index in [1.165, 1.54) is 0 Å². The summed E-state index contributed by atoms with van der Waals surface area (Å²) < 4.78 is 7.52. The first-order valence-electron chi connectivity index (χ1n) is 8.45. The van der Waals surface area contributed by atoms with Crippen molar-refractivity contribution >= 4 is 11.7 Å². The lowest BCUT2D eigenvalue weighted by molar-refractivity contribution is 0.247. The van der Waals surface area contributed by atoms with E-state index in [4.69, 9.17) is 4.74 Å². The molecule has 0 radical (unpaired) electrons. The summed E-state index contributed by atoms with van der Waals surface area (Å²) in [6.07, 6.45) is 4.53. The van der Waals surface area contributed by atoms with E-state index < -0.39 is 0 Å². The van der Waals surface area contributed by atoms with Crippen molar-refractivity contribution in [3.8, 4) is 5.75 Å². The van der Waals surface area contributed by atoms with E-state index >= 15 is 0 Å². The quantitative estimate of drug-likeness (QED) is 0.732. The minimum absolute atomic E-state index is 0.107. The molecule has 0 saturated carbocycles. The van der Waals surface area contributed by atoms with E-state index in [1.807, 2.05) is 62.2 Å². The summed E-state index contributed by atoms with van der Waals surface area (Å²) in [4.78, 5) is 14.2. The van der Waals surface area contributed by atoms with Crippen LogP contribution in [0.4, 0.5) is 10.5 Å². The number of hydrogen-bond acceptors (Lipinski definition) is 4. The molecule has 0 bridgehead atoms. The number of urea groups is 1. The first-order chi connectivity index (χ1) is 12.0. The van der Waals surface area contributed by atoms with Crippen LogP contribution in [0, 0.1) is 0 Å². The molecule has 0 fully saturated rings. The number of aromatic nitrogens is 2. The predicted molar refractivity (Wildman–Crippen MR) is 99.0 cm³/mol. The van der Waals surface area contributed by atoms with Gasteiger partial charge in [0.2, 0.25) is 0 Å². The third-order valence-corrected chi connectivity index (χ3v) is 3.63. The van der Waals surface area contributed by atoms with Gasteiger partial charge < -0.3 is 20.3 Å². The second-order valence-electron chi connectivity index (χ2n) is 6.24. The predicted octanol–water partition coefficient (Wildman–Crippen LogP) is 2.42. The number of anilines is 1. The number of nitrogens with zero attached hydrogens (tertiary/aromatic N) is 3. The Balaban J connectivity index is 1.76. The van der Waals surface area contributed by atoms with Gasteiger partial charge in [-0.3, -0.25) is 4.68 Å². The number of ether oxygens (including phenoxy) is 1. The summed E-state index contributed by atoms with van der Waals surface area (Å²) in [6, 6.07) is 9.15. The van der Waals surface area contributed by atoms with Crippen molar-refractivity contribution in [3.05, 3.63) is 42.7 Å². The third kappa shape index (κ3) is 7.26. The lowest BCUT2D eigenvalue weighted by atomic mass is 10.2. The van der Waals surface area contributed by atoms with Gasteiger partial charge in [-0.2, -0.15) is 5.10 Å². The molecule has 0 spiro atoms. The lowest BCUT2D eigenvalue weighted by Gasteiger charge is -2.17. The molecule has 1 atom stereocenters. The maximum absolute atomic E-state index is 12.1. The molecule has 0 saturated heterocycles. The molecular formula is C18H27N5O2. The Bertz CT molecular complexity index is 643. The molecule has 1 heterocycles. The summed E-state index contributed by atoms with van der Waals surface area (Å²) >= 11 is 0. The number of carbonyl (C=O) groups is 1. The highest BCUT2D eigenvalue weighted by molar-refractivity contribution is 5.89. The van der Waals surface area contributed by atoms with Gasteiger partial charge >= 0.3 is 6.03 Å². The molecule has 0 aliphatic carbocycles. The van der Waals surface area contributed by atoms with Gasteiger partial charge in [0.15, 0.2) is 0 Å². The van der Waals surface area contributed by atoms with Crippen LogP contribution in [0.5, 0.6) is 5.75 Å². The molecule has 1 aromatic carbocycles. The minimum Gasteiger partial charge on any atom is -0.492 e. The molecule has 0 unspecified atom stereocenters. The number of nitrogens with one attached hydrogen (secondary N) is 2. The number of rotatable bonds is 9. The van der Waals surface area contributed by atoms with Crippen molar-refractivity contribution in [3.63, 3.8) is 0 Å². The molecule has 2 rings (SSSR count). The highest BCUT2D eigenvalue weighted by atomic mass is 16.5. The first-order valence-corrected chi connectivity index (χ1v) is 8.45. The number of hydrogen-bond donors (Lipinski definition) is 2. The summed E-state index contributed by atoms with van der Waals surface area (Å²) in [5.41, 5.74) is 0.703. The maximum Gasteiger partial charge on any atom is 0.319 e. The molecule has 0 aliphatic heterocycles. The number of amides is 2. The fourth-order valence-electron chi connectivity index (χ4n) is 2.27. The zero-order chi connectivity index (χ0) is 18.1. The zero-order valence-electron chi connectivity index (χ0n) is 15.1. The average Bonchev–Trinajstić information content (AvgIpc) is 3.06. The zero-order valence-corrected chi connectivity index (χ0v) is 15.1. The SMILES string of the molecule is C[C@@H](CCN(C)C)NC(=O)Nc1cccc(OCCn2cccn2)c1. The summed E-state index contributed by atoms with van der Waals surface area (Å²) in [5.74, 6) is 0.714. The number of carbonyl (C=O) groups excluding carboxylic acids is 1. The Morgan fingerprint density at radius 1 is 1.36 bits per heavy atom. The van der Waals surface area contributed by atoms with E-state index in [0.717, 1.165) is 13.0 Å². The van der Waals surface area contributed by atoms with Gasteiger partial charge in [0.25, 0.3) is 0 Å². The Hall–Kier alpha value is -2.54. The Kier molecular flexibility index (Phi) is 7.28. The van der Waals surface area contributed by atoms with Crippen molar-refractivity contribution in [2.45, 2.75) is 25.9 Å². The van der Waals surface area contributed by atoms with E-state index in [1.54, 1.807) is 6.20 Å². The van der Waals surface area contributed by atoms with Crippen LogP contribution in [0.25, 0.3) is 0 Å². The summed E-state index contributed by atoms with van der Waals surface area (Å²) in [7, 11) is 4.04. The van der Waals surface area contributed by atoms with Crippen LogP contribution in [0.2, 0.25) is 0 Å². The molecule has 7 nitrogen and oxygen atoms in total. The van der Waals surface area contributed by atoms with E-state index in [-0.39, 0.29) is 12.1 Å². The first kappa shape index (κ1) is 18.8. The standard InChI is InChI=1S/C18H27N5O2/c1-15(8-11-22(2)3)20-18(24)21-16-6-4-7-17(14-16)25-13-12-23-10-5-9-19-23/h4-7,9-10,14-15H,8,11-13H2,1-3H3,(H2,20,21,24)/t15-/m0/s1. The maximum atomic E-state index is 12.1. The van der Waals surface area contributed by atoms with Crippen LogP contribution in [0.1, 0.15) is 13.3 Å². The van der Waals surface area contributed by atoms with Gasteiger partial charge in [-0.15, -0.1) is 0 Å². The Labute approximate surface area is 149 Å². The largest absolute Gasteiger partial charge is 0.492 e.